The number of likely N-dealkylation sites (tertiary alicyclic amines) is 1. The van der Waals surface area contributed by atoms with Gasteiger partial charge in [0.1, 0.15) is 17.9 Å². The van der Waals surface area contributed by atoms with Crippen molar-refractivity contribution in [3.63, 3.8) is 0 Å². The molecule has 3 aliphatic heterocycles. The number of ether oxygens (including phenoxy) is 1. The zero-order valence-corrected chi connectivity index (χ0v) is 16.6. The smallest absolute Gasteiger partial charge is 0.255 e. The summed E-state index contributed by atoms with van der Waals surface area (Å²) >= 11 is 0. The van der Waals surface area contributed by atoms with E-state index in [1.54, 1.807) is 19.1 Å². The van der Waals surface area contributed by atoms with Gasteiger partial charge in [0, 0.05) is 31.5 Å². The van der Waals surface area contributed by atoms with Crippen molar-refractivity contribution in [3.8, 4) is 5.75 Å². The molecule has 8 heteroatoms. The second-order valence-corrected chi connectivity index (χ2v) is 8.06. The molecule has 29 heavy (non-hydrogen) atoms. The Morgan fingerprint density at radius 1 is 1.17 bits per heavy atom. The van der Waals surface area contributed by atoms with E-state index in [2.05, 4.69) is 5.32 Å². The molecule has 3 aliphatic rings. The lowest BCUT2D eigenvalue weighted by Gasteiger charge is -2.37. The third-order valence-electron chi connectivity index (χ3n) is 6.04. The number of piperidine rings is 2. The molecule has 4 amide bonds. The van der Waals surface area contributed by atoms with Gasteiger partial charge in [-0.1, -0.05) is 0 Å². The molecule has 2 fully saturated rings. The van der Waals surface area contributed by atoms with Crippen molar-refractivity contribution in [1.29, 1.82) is 0 Å². The van der Waals surface area contributed by atoms with Crippen LogP contribution in [0.2, 0.25) is 0 Å². The molecule has 0 bridgehead atoms. The zero-order chi connectivity index (χ0) is 20.7. The molecule has 0 radical (unpaired) electrons. The summed E-state index contributed by atoms with van der Waals surface area (Å²) in [5, 5.41) is 2.31. The minimum Gasteiger partial charge on any atom is -0.489 e. The monoisotopic (exact) mass is 399 g/mol. The van der Waals surface area contributed by atoms with Crippen LogP contribution in [0.15, 0.2) is 18.2 Å². The van der Waals surface area contributed by atoms with Crippen LogP contribution in [0.4, 0.5) is 0 Å². The van der Waals surface area contributed by atoms with E-state index in [1.165, 1.54) is 4.90 Å². The topological polar surface area (TPSA) is 96.0 Å². The Labute approximate surface area is 169 Å². The lowest BCUT2D eigenvalue weighted by atomic mass is 10.0. The van der Waals surface area contributed by atoms with Crippen molar-refractivity contribution >= 4 is 23.6 Å². The molecule has 8 nitrogen and oxygen atoms in total. The van der Waals surface area contributed by atoms with E-state index in [0.717, 1.165) is 18.4 Å². The summed E-state index contributed by atoms with van der Waals surface area (Å²) in [6.45, 7) is 4.49. The summed E-state index contributed by atoms with van der Waals surface area (Å²) in [7, 11) is 0. The van der Waals surface area contributed by atoms with E-state index in [1.807, 2.05) is 17.9 Å². The summed E-state index contributed by atoms with van der Waals surface area (Å²) in [4.78, 5) is 51.4. The Balaban J connectivity index is 1.46. The number of rotatable bonds is 3. The fraction of sp³-hybridized carbons (Fsp3) is 0.524. The average molecular weight is 399 g/mol. The fourth-order valence-corrected chi connectivity index (χ4v) is 4.43. The van der Waals surface area contributed by atoms with Crippen LogP contribution >= 0.6 is 0 Å². The molecule has 4 rings (SSSR count). The lowest BCUT2D eigenvalue weighted by molar-refractivity contribution is -0.137. The van der Waals surface area contributed by atoms with Crippen LogP contribution in [0.3, 0.4) is 0 Å². The van der Waals surface area contributed by atoms with Gasteiger partial charge in [-0.05, 0) is 49.9 Å². The normalized spacial score (nSPS) is 27.0. The molecule has 2 saturated heterocycles. The third-order valence-corrected chi connectivity index (χ3v) is 6.04. The average Bonchev–Trinajstić information content (AvgIpc) is 2.99. The largest absolute Gasteiger partial charge is 0.489 e. The Kier molecular flexibility index (Phi) is 5.02. The number of carbonyl (C=O) groups is 4. The number of amides is 4. The highest BCUT2D eigenvalue weighted by atomic mass is 16.5. The van der Waals surface area contributed by atoms with E-state index in [4.69, 9.17) is 4.74 Å². The van der Waals surface area contributed by atoms with Crippen molar-refractivity contribution in [2.45, 2.75) is 64.3 Å². The van der Waals surface area contributed by atoms with Crippen molar-refractivity contribution in [2.75, 3.05) is 6.54 Å². The molecule has 0 aliphatic carbocycles. The van der Waals surface area contributed by atoms with E-state index >= 15 is 0 Å². The van der Waals surface area contributed by atoms with Gasteiger partial charge >= 0.3 is 0 Å². The number of nitrogens with one attached hydrogen (secondary N) is 1. The first kappa shape index (κ1) is 19.4. The Morgan fingerprint density at radius 3 is 2.69 bits per heavy atom. The number of hydrogen-bond acceptors (Lipinski definition) is 5. The maximum atomic E-state index is 12.8. The molecule has 0 aromatic heterocycles. The molecular weight excluding hydrogens is 374 g/mol. The molecule has 0 spiro atoms. The summed E-state index contributed by atoms with van der Waals surface area (Å²) in [6.07, 6.45) is 2.24. The minimum absolute atomic E-state index is 0.0465. The first-order valence-electron chi connectivity index (χ1n) is 10.0. The van der Waals surface area contributed by atoms with Gasteiger partial charge in [-0.25, -0.2) is 0 Å². The summed E-state index contributed by atoms with van der Waals surface area (Å²) in [5.74, 6) is -0.211. The second-order valence-electron chi connectivity index (χ2n) is 8.06. The molecular formula is C21H25N3O5. The van der Waals surface area contributed by atoms with Gasteiger partial charge in [0.2, 0.25) is 17.7 Å². The summed E-state index contributed by atoms with van der Waals surface area (Å²) in [6, 6.07) is 4.93. The Hall–Kier alpha value is -2.90. The molecule has 1 unspecified atom stereocenters. The van der Waals surface area contributed by atoms with Crippen molar-refractivity contribution in [1.82, 2.24) is 15.1 Å². The summed E-state index contributed by atoms with van der Waals surface area (Å²) in [5.41, 5.74) is 1.37. The van der Waals surface area contributed by atoms with Crippen molar-refractivity contribution in [2.24, 2.45) is 0 Å². The van der Waals surface area contributed by atoms with Crippen LogP contribution in [0.1, 0.15) is 55.5 Å². The Morgan fingerprint density at radius 2 is 1.97 bits per heavy atom. The molecule has 0 saturated carbocycles. The molecule has 1 aromatic carbocycles. The molecule has 1 aromatic rings. The van der Waals surface area contributed by atoms with Gasteiger partial charge in [-0.15, -0.1) is 0 Å². The van der Waals surface area contributed by atoms with Crippen LogP contribution in [-0.2, 0) is 20.9 Å². The van der Waals surface area contributed by atoms with Crippen LogP contribution in [0, 0.1) is 0 Å². The van der Waals surface area contributed by atoms with E-state index in [9.17, 15) is 19.2 Å². The van der Waals surface area contributed by atoms with Gasteiger partial charge in [-0.3, -0.25) is 24.5 Å². The molecule has 154 valence electrons. The van der Waals surface area contributed by atoms with E-state index in [-0.39, 0.29) is 36.3 Å². The van der Waals surface area contributed by atoms with Crippen LogP contribution in [0.5, 0.6) is 5.75 Å². The molecule has 3 heterocycles. The number of benzene rings is 1. The second kappa shape index (κ2) is 7.50. The van der Waals surface area contributed by atoms with Crippen LogP contribution in [0.25, 0.3) is 0 Å². The first-order chi connectivity index (χ1) is 13.8. The number of nitrogens with zero attached hydrogens (tertiary/aromatic N) is 2. The van der Waals surface area contributed by atoms with Gasteiger partial charge in [0.15, 0.2) is 0 Å². The highest BCUT2D eigenvalue weighted by Crippen LogP contribution is 2.31. The maximum absolute atomic E-state index is 12.8. The highest BCUT2D eigenvalue weighted by molar-refractivity contribution is 6.05. The van der Waals surface area contributed by atoms with Gasteiger partial charge < -0.3 is 14.5 Å². The minimum atomic E-state index is -0.624. The third kappa shape index (κ3) is 3.71. The number of fused-ring (bicyclic) bond motifs is 1. The van der Waals surface area contributed by atoms with E-state index in [0.29, 0.717) is 30.8 Å². The fourth-order valence-electron chi connectivity index (χ4n) is 4.43. The van der Waals surface area contributed by atoms with Crippen LogP contribution in [-0.4, -0.2) is 58.2 Å². The maximum Gasteiger partial charge on any atom is 0.255 e. The highest BCUT2D eigenvalue weighted by Gasteiger charge is 2.39. The quantitative estimate of drug-likeness (QED) is 0.771. The molecule has 3 atom stereocenters. The van der Waals surface area contributed by atoms with Crippen LogP contribution < -0.4 is 10.1 Å². The van der Waals surface area contributed by atoms with E-state index < -0.39 is 11.9 Å². The number of carbonyl (C=O) groups excluding carboxylic acids is 4. The SMILES string of the molecule is CC(=O)N1C[C@H](Oc2ccc3c(c2)CN(C2CCC(=O)NC2=O)C3=O)CC[C@@H]1C. The standard InChI is InChI=1S/C21H25N3O5/c1-12-3-4-16(11-23(12)13(2)25)29-15-5-6-17-14(9-15)10-24(21(17)28)18-7-8-19(26)22-20(18)27/h5-6,9,12,16,18H,3-4,7-8,10-11H2,1-2H3,(H,22,26,27)/t12-,16+,18?/m0/s1. The van der Waals surface area contributed by atoms with Gasteiger partial charge in [0.05, 0.1) is 6.54 Å². The lowest BCUT2D eigenvalue weighted by Crippen LogP contribution is -2.52. The Bertz CT molecular complexity index is 883. The number of hydrogen-bond donors (Lipinski definition) is 1. The predicted octanol–water partition coefficient (Wildman–Crippen LogP) is 1.23. The van der Waals surface area contributed by atoms with Gasteiger partial charge in [-0.2, -0.15) is 0 Å². The van der Waals surface area contributed by atoms with Crippen molar-refractivity contribution in [3.05, 3.63) is 29.3 Å². The molecule has 1 N–H and O–H groups in total. The zero-order valence-electron chi connectivity index (χ0n) is 16.6. The number of imide groups is 1. The summed E-state index contributed by atoms with van der Waals surface area (Å²) < 4.78 is 6.11. The van der Waals surface area contributed by atoms with Crippen molar-refractivity contribution < 1.29 is 23.9 Å². The van der Waals surface area contributed by atoms with Gasteiger partial charge in [0.25, 0.3) is 5.91 Å². The predicted molar refractivity (Wildman–Crippen MR) is 103 cm³/mol. The first-order valence-corrected chi connectivity index (χ1v) is 10.0.